The predicted octanol–water partition coefficient (Wildman–Crippen LogP) is 5.74. The number of alkyl halides is 3. The predicted molar refractivity (Wildman–Crippen MR) is 108 cm³/mol. The molecule has 0 radical (unpaired) electrons. The number of carbonyl (C=O) groups excluding carboxylic acids is 1. The van der Waals surface area contributed by atoms with E-state index in [9.17, 15) is 27.9 Å². The van der Waals surface area contributed by atoms with E-state index in [0.717, 1.165) is 12.1 Å². The molecule has 154 valence electrons. The normalized spacial score (nSPS) is 11.2. The molecule has 0 heterocycles. The smallest absolute Gasteiger partial charge is 0.417 e. The summed E-state index contributed by atoms with van der Waals surface area (Å²) in [7, 11) is 0. The third kappa shape index (κ3) is 4.35. The van der Waals surface area contributed by atoms with Gasteiger partial charge in [0.1, 0.15) is 0 Å². The zero-order chi connectivity index (χ0) is 21.9. The van der Waals surface area contributed by atoms with Gasteiger partial charge >= 0.3 is 12.1 Å². The first-order valence-electron chi connectivity index (χ1n) is 9.14. The Morgan fingerprint density at radius 3 is 2.10 bits per heavy atom. The van der Waals surface area contributed by atoms with Gasteiger partial charge in [0.05, 0.1) is 11.1 Å². The van der Waals surface area contributed by atoms with E-state index in [1.807, 2.05) is 0 Å². The Morgan fingerprint density at radius 2 is 1.50 bits per heavy atom. The van der Waals surface area contributed by atoms with Gasteiger partial charge in [-0.15, -0.1) is 0 Å². The van der Waals surface area contributed by atoms with Crippen LogP contribution in [0.15, 0.2) is 72.8 Å². The van der Waals surface area contributed by atoms with Crippen molar-refractivity contribution in [2.45, 2.75) is 13.1 Å². The van der Waals surface area contributed by atoms with E-state index in [1.54, 1.807) is 37.3 Å². The number of halogens is 3. The number of aromatic carboxylic acids is 1. The zero-order valence-corrected chi connectivity index (χ0v) is 16.0. The van der Waals surface area contributed by atoms with Gasteiger partial charge in [-0.25, -0.2) is 4.79 Å². The van der Waals surface area contributed by atoms with Crippen LogP contribution >= 0.6 is 0 Å². The number of rotatable bonds is 5. The Hall–Kier alpha value is -3.61. The fourth-order valence-corrected chi connectivity index (χ4v) is 3.22. The number of benzene rings is 3. The lowest BCUT2D eigenvalue weighted by Gasteiger charge is -2.22. The Morgan fingerprint density at radius 1 is 0.900 bits per heavy atom. The highest BCUT2D eigenvalue weighted by Gasteiger charge is 2.33. The molecular formula is C23H18F3NO3. The Labute approximate surface area is 171 Å². The highest BCUT2D eigenvalue weighted by molar-refractivity contribution is 6.08. The number of carboxylic acid groups (broad SMARTS) is 1. The highest BCUT2D eigenvalue weighted by Crippen LogP contribution is 2.37. The lowest BCUT2D eigenvalue weighted by Crippen LogP contribution is -2.30. The third-order valence-electron chi connectivity index (χ3n) is 4.60. The fraction of sp³-hybridized carbons (Fsp3) is 0.130. The van der Waals surface area contributed by atoms with Gasteiger partial charge in [-0.3, -0.25) is 4.79 Å². The molecule has 4 nitrogen and oxygen atoms in total. The van der Waals surface area contributed by atoms with Crippen molar-refractivity contribution in [1.82, 2.24) is 0 Å². The summed E-state index contributed by atoms with van der Waals surface area (Å²) in [4.78, 5) is 26.2. The van der Waals surface area contributed by atoms with Gasteiger partial charge in [0.25, 0.3) is 5.91 Å². The van der Waals surface area contributed by atoms with Gasteiger partial charge in [-0.1, -0.05) is 36.4 Å². The van der Waals surface area contributed by atoms with E-state index < -0.39 is 23.6 Å². The van der Waals surface area contributed by atoms with Gasteiger partial charge < -0.3 is 10.0 Å². The second kappa shape index (κ2) is 8.41. The number of hydrogen-bond acceptors (Lipinski definition) is 2. The maximum atomic E-state index is 13.5. The van der Waals surface area contributed by atoms with Crippen LogP contribution in [-0.4, -0.2) is 23.5 Å². The average molecular weight is 413 g/mol. The molecule has 0 aromatic heterocycles. The molecule has 30 heavy (non-hydrogen) atoms. The molecule has 0 fully saturated rings. The van der Waals surface area contributed by atoms with E-state index >= 15 is 0 Å². The van der Waals surface area contributed by atoms with Gasteiger partial charge in [-0.2, -0.15) is 13.2 Å². The standard InChI is InChI=1S/C23H18F3NO3/c1-2-27(18-8-4-3-5-9-18)21(28)16-12-15(13-17(14-16)22(29)30)19-10-6-7-11-20(19)23(24,25)26/h3-14H,2H2,1H3,(H,29,30). The molecule has 0 aliphatic heterocycles. The lowest BCUT2D eigenvalue weighted by molar-refractivity contribution is -0.137. The lowest BCUT2D eigenvalue weighted by atomic mass is 9.95. The van der Waals surface area contributed by atoms with Crippen LogP contribution in [0.3, 0.4) is 0 Å². The molecule has 3 aromatic rings. The second-order valence-corrected chi connectivity index (χ2v) is 6.53. The SMILES string of the molecule is CCN(C(=O)c1cc(C(=O)O)cc(-c2ccccc2C(F)(F)F)c1)c1ccccc1. The molecule has 0 saturated heterocycles. The molecule has 3 aromatic carbocycles. The van der Waals surface area contributed by atoms with Crippen molar-refractivity contribution in [3.63, 3.8) is 0 Å². The summed E-state index contributed by atoms with van der Waals surface area (Å²) < 4.78 is 40.4. The first-order chi connectivity index (χ1) is 14.2. The maximum absolute atomic E-state index is 13.5. The molecule has 0 saturated carbocycles. The Balaban J connectivity index is 2.16. The van der Waals surface area contributed by atoms with Crippen LogP contribution in [0.5, 0.6) is 0 Å². The van der Waals surface area contributed by atoms with Crippen LogP contribution in [0.4, 0.5) is 18.9 Å². The van der Waals surface area contributed by atoms with Gasteiger partial charge in [0, 0.05) is 17.8 Å². The van der Waals surface area contributed by atoms with Gasteiger partial charge in [-0.05, 0) is 54.4 Å². The summed E-state index contributed by atoms with van der Waals surface area (Å²) in [5.41, 5.74) is -0.756. The largest absolute Gasteiger partial charge is 0.478 e. The van der Waals surface area contributed by atoms with Crippen molar-refractivity contribution in [1.29, 1.82) is 0 Å². The summed E-state index contributed by atoms with van der Waals surface area (Å²) >= 11 is 0. The minimum Gasteiger partial charge on any atom is -0.478 e. The van der Waals surface area contributed by atoms with Crippen molar-refractivity contribution in [3.8, 4) is 11.1 Å². The molecule has 0 aliphatic carbocycles. The average Bonchev–Trinajstić information content (AvgIpc) is 2.74. The molecular weight excluding hydrogens is 395 g/mol. The van der Waals surface area contributed by atoms with Crippen LogP contribution in [0.25, 0.3) is 11.1 Å². The van der Waals surface area contributed by atoms with Crippen molar-refractivity contribution in [3.05, 3.63) is 89.5 Å². The fourth-order valence-electron chi connectivity index (χ4n) is 3.22. The quantitative estimate of drug-likeness (QED) is 0.581. The third-order valence-corrected chi connectivity index (χ3v) is 4.60. The van der Waals surface area contributed by atoms with Crippen LogP contribution in [0, 0.1) is 0 Å². The van der Waals surface area contributed by atoms with E-state index in [2.05, 4.69) is 0 Å². The molecule has 0 atom stereocenters. The van der Waals surface area contributed by atoms with Gasteiger partial charge in [0.2, 0.25) is 0 Å². The van der Waals surface area contributed by atoms with E-state index in [-0.39, 0.29) is 22.3 Å². The number of anilines is 1. The minimum atomic E-state index is -4.63. The van der Waals surface area contributed by atoms with Crippen molar-refractivity contribution in [2.24, 2.45) is 0 Å². The molecule has 0 unspecified atom stereocenters. The number of carbonyl (C=O) groups is 2. The monoisotopic (exact) mass is 413 g/mol. The highest BCUT2D eigenvalue weighted by atomic mass is 19.4. The number of carboxylic acids is 1. The maximum Gasteiger partial charge on any atom is 0.417 e. The second-order valence-electron chi connectivity index (χ2n) is 6.53. The summed E-state index contributed by atoms with van der Waals surface area (Å²) in [5, 5.41) is 9.46. The molecule has 0 bridgehead atoms. The van der Waals surface area contributed by atoms with E-state index in [1.165, 1.54) is 35.2 Å². The van der Waals surface area contributed by atoms with Crippen LogP contribution in [0.2, 0.25) is 0 Å². The van der Waals surface area contributed by atoms with Crippen LogP contribution in [0.1, 0.15) is 33.2 Å². The number of nitrogens with zero attached hydrogens (tertiary/aromatic N) is 1. The Kier molecular flexibility index (Phi) is 5.91. The van der Waals surface area contributed by atoms with Crippen molar-refractivity contribution >= 4 is 17.6 Å². The molecule has 1 amide bonds. The first-order valence-corrected chi connectivity index (χ1v) is 9.14. The van der Waals surface area contributed by atoms with E-state index in [0.29, 0.717) is 12.2 Å². The molecule has 1 N–H and O–H groups in total. The van der Waals surface area contributed by atoms with Crippen LogP contribution in [-0.2, 0) is 6.18 Å². The molecule has 0 aliphatic rings. The molecule has 0 spiro atoms. The van der Waals surface area contributed by atoms with Crippen LogP contribution < -0.4 is 4.90 Å². The minimum absolute atomic E-state index is 0.00687. The van der Waals surface area contributed by atoms with Crippen molar-refractivity contribution in [2.75, 3.05) is 11.4 Å². The zero-order valence-electron chi connectivity index (χ0n) is 16.0. The van der Waals surface area contributed by atoms with Crippen molar-refractivity contribution < 1.29 is 27.9 Å². The molecule has 7 heteroatoms. The van der Waals surface area contributed by atoms with E-state index in [4.69, 9.17) is 0 Å². The number of para-hydroxylation sites is 1. The number of amides is 1. The summed E-state index contributed by atoms with van der Waals surface area (Å²) in [5.74, 6) is -1.84. The summed E-state index contributed by atoms with van der Waals surface area (Å²) in [6, 6.07) is 17.2. The Bertz CT molecular complexity index is 1080. The molecule has 3 rings (SSSR count). The summed E-state index contributed by atoms with van der Waals surface area (Å²) in [6.07, 6.45) is -4.63. The first kappa shape index (κ1) is 21.1. The van der Waals surface area contributed by atoms with Gasteiger partial charge in [0.15, 0.2) is 0 Å². The topological polar surface area (TPSA) is 57.6 Å². The number of hydrogen-bond donors (Lipinski definition) is 1. The summed E-state index contributed by atoms with van der Waals surface area (Å²) in [6.45, 7) is 2.06.